The Morgan fingerprint density at radius 2 is 2.09 bits per heavy atom. The Bertz CT molecular complexity index is 948. The van der Waals surface area contributed by atoms with E-state index in [0.29, 0.717) is 0 Å². The van der Waals surface area contributed by atoms with Crippen LogP contribution in [0.25, 0.3) is 10.9 Å². The van der Waals surface area contributed by atoms with Crippen molar-refractivity contribution in [2.24, 2.45) is 0 Å². The molecule has 1 aromatic heterocycles. The molecule has 2 atom stereocenters. The summed E-state index contributed by atoms with van der Waals surface area (Å²) in [5.74, 6) is 0.395. The Labute approximate surface area is 140 Å². The molecule has 1 amide bonds. The van der Waals surface area contributed by atoms with E-state index in [4.69, 9.17) is 0 Å². The van der Waals surface area contributed by atoms with Crippen LogP contribution in [0.1, 0.15) is 23.5 Å². The van der Waals surface area contributed by atoms with Gasteiger partial charge in [0.05, 0.1) is 10.9 Å². The van der Waals surface area contributed by atoms with Gasteiger partial charge >= 0.3 is 0 Å². The van der Waals surface area contributed by atoms with Crippen molar-refractivity contribution in [3.8, 4) is 0 Å². The van der Waals surface area contributed by atoms with Crippen molar-refractivity contribution in [3.05, 3.63) is 57.3 Å². The molecule has 1 aliphatic heterocycles. The van der Waals surface area contributed by atoms with Crippen LogP contribution in [-0.2, 0) is 10.2 Å². The Hall–Kier alpha value is -1.89. The van der Waals surface area contributed by atoms with Crippen LogP contribution in [0.15, 0.2) is 42.5 Å². The van der Waals surface area contributed by atoms with Crippen molar-refractivity contribution in [2.45, 2.75) is 17.8 Å². The zero-order chi connectivity index (χ0) is 14.9. The minimum atomic E-state index is -0.362. The van der Waals surface area contributed by atoms with Crippen LogP contribution >= 0.6 is 22.6 Å². The van der Waals surface area contributed by atoms with Gasteiger partial charge in [-0.3, -0.25) is 9.89 Å². The van der Waals surface area contributed by atoms with Crippen LogP contribution in [0, 0.1) is 3.70 Å². The lowest BCUT2D eigenvalue weighted by atomic mass is 9.92. The van der Waals surface area contributed by atoms with Gasteiger partial charge in [-0.1, -0.05) is 24.3 Å². The van der Waals surface area contributed by atoms with E-state index in [9.17, 15) is 4.79 Å². The van der Waals surface area contributed by atoms with E-state index in [1.165, 1.54) is 5.56 Å². The standard InChI is InChI=1S/C17H12IN3O/c18-15-10-7-9(5-6-13(10)20-21-15)12-8-17(12)11-3-1-2-4-14(11)19-16(17)22/h1-7,12H,8H2,(H,19,22)(H,20,21)/t12-,17-/m0/s1. The van der Waals surface area contributed by atoms with Crippen molar-refractivity contribution in [1.29, 1.82) is 0 Å². The summed E-state index contributed by atoms with van der Waals surface area (Å²) in [6.45, 7) is 0. The predicted octanol–water partition coefficient (Wildman–Crippen LogP) is 3.54. The van der Waals surface area contributed by atoms with E-state index in [1.54, 1.807) is 0 Å². The molecule has 4 nitrogen and oxygen atoms in total. The monoisotopic (exact) mass is 401 g/mol. The molecule has 1 saturated carbocycles. The quantitative estimate of drug-likeness (QED) is 0.613. The van der Waals surface area contributed by atoms with Crippen molar-refractivity contribution in [2.75, 3.05) is 5.32 Å². The molecule has 2 aliphatic rings. The summed E-state index contributed by atoms with van der Waals surface area (Å²) in [7, 11) is 0. The van der Waals surface area contributed by atoms with Gasteiger partial charge in [-0.2, -0.15) is 5.10 Å². The first-order valence-corrected chi connectivity index (χ1v) is 8.32. The minimum absolute atomic E-state index is 0.140. The maximum atomic E-state index is 12.5. The van der Waals surface area contributed by atoms with Gasteiger partial charge in [0.1, 0.15) is 3.70 Å². The molecule has 3 aromatic rings. The average Bonchev–Trinajstić information content (AvgIpc) is 3.10. The first kappa shape index (κ1) is 12.6. The number of fused-ring (bicyclic) bond motifs is 3. The molecule has 0 radical (unpaired) electrons. The third kappa shape index (κ3) is 1.47. The van der Waals surface area contributed by atoms with Crippen LogP contribution in [0.2, 0.25) is 0 Å². The number of hydrogen-bond donors (Lipinski definition) is 2. The van der Waals surface area contributed by atoms with Crippen LogP contribution < -0.4 is 5.32 Å². The number of carbonyl (C=O) groups excluding carboxylic acids is 1. The summed E-state index contributed by atoms with van der Waals surface area (Å²) in [5.41, 5.74) is 3.94. The van der Waals surface area contributed by atoms with Gasteiger partial charge in [0, 0.05) is 17.0 Å². The van der Waals surface area contributed by atoms with Crippen LogP contribution in [0.5, 0.6) is 0 Å². The predicted molar refractivity (Wildman–Crippen MR) is 92.9 cm³/mol. The first-order chi connectivity index (χ1) is 10.7. The topological polar surface area (TPSA) is 57.8 Å². The van der Waals surface area contributed by atoms with E-state index in [2.05, 4.69) is 56.3 Å². The van der Waals surface area contributed by atoms with E-state index in [1.807, 2.05) is 24.3 Å². The van der Waals surface area contributed by atoms with Crippen molar-refractivity contribution in [3.63, 3.8) is 0 Å². The number of para-hydroxylation sites is 1. The normalized spacial score (nSPS) is 25.5. The number of hydrogen-bond acceptors (Lipinski definition) is 2. The maximum Gasteiger partial charge on any atom is 0.235 e. The molecule has 22 heavy (non-hydrogen) atoms. The third-order valence-electron chi connectivity index (χ3n) is 4.96. The molecule has 1 aliphatic carbocycles. The number of nitrogens with zero attached hydrogens (tertiary/aromatic N) is 1. The summed E-state index contributed by atoms with van der Waals surface area (Å²) >= 11 is 2.26. The second-order valence-corrected chi connectivity index (χ2v) is 7.12. The lowest BCUT2D eigenvalue weighted by Crippen LogP contribution is -2.20. The highest BCUT2D eigenvalue weighted by Crippen LogP contribution is 2.64. The molecule has 0 saturated heterocycles. The molecular formula is C17H12IN3O. The Morgan fingerprint density at radius 1 is 1.23 bits per heavy atom. The van der Waals surface area contributed by atoms with Crippen molar-refractivity contribution >= 4 is 45.1 Å². The van der Waals surface area contributed by atoms with Crippen molar-refractivity contribution < 1.29 is 4.79 Å². The number of aromatic nitrogens is 2. The number of amides is 1. The lowest BCUT2D eigenvalue weighted by molar-refractivity contribution is -0.118. The van der Waals surface area contributed by atoms with Crippen LogP contribution in [0.4, 0.5) is 5.69 Å². The molecule has 2 N–H and O–H groups in total. The molecule has 1 fully saturated rings. The summed E-state index contributed by atoms with van der Waals surface area (Å²) in [6.07, 6.45) is 0.885. The highest BCUT2D eigenvalue weighted by Gasteiger charge is 2.65. The number of rotatable bonds is 1. The number of aromatic amines is 1. The maximum absolute atomic E-state index is 12.5. The number of H-pyrrole nitrogens is 1. The fourth-order valence-electron chi connectivity index (χ4n) is 3.76. The Balaban J connectivity index is 1.63. The highest BCUT2D eigenvalue weighted by molar-refractivity contribution is 14.1. The number of anilines is 1. The molecule has 5 rings (SSSR count). The molecule has 108 valence electrons. The first-order valence-electron chi connectivity index (χ1n) is 7.24. The zero-order valence-electron chi connectivity index (χ0n) is 11.6. The molecule has 0 bridgehead atoms. The van der Waals surface area contributed by atoms with Crippen LogP contribution in [0.3, 0.4) is 0 Å². The SMILES string of the molecule is O=C1Nc2ccccc2[C@]12C[C@H]2c1ccc2n[nH]c(I)c2c1. The van der Waals surface area contributed by atoms with Gasteiger partial charge in [0.25, 0.3) is 0 Å². The summed E-state index contributed by atoms with van der Waals surface area (Å²) in [4.78, 5) is 12.5. The Kier molecular flexibility index (Phi) is 2.35. The van der Waals surface area contributed by atoms with Gasteiger partial charge in [-0.15, -0.1) is 0 Å². The van der Waals surface area contributed by atoms with Crippen LogP contribution in [-0.4, -0.2) is 16.1 Å². The van der Waals surface area contributed by atoms with Gasteiger partial charge in [-0.25, -0.2) is 0 Å². The fourth-order valence-corrected chi connectivity index (χ4v) is 4.32. The molecule has 0 unspecified atom stereocenters. The molecule has 1 spiro atoms. The summed E-state index contributed by atoms with van der Waals surface area (Å²) in [5, 5.41) is 11.4. The van der Waals surface area contributed by atoms with E-state index >= 15 is 0 Å². The largest absolute Gasteiger partial charge is 0.325 e. The van der Waals surface area contributed by atoms with E-state index in [-0.39, 0.29) is 17.2 Å². The second kappa shape index (κ2) is 4.10. The van der Waals surface area contributed by atoms with Crippen molar-refractivity contribution in [1.82, 2.24) is 10.2 Å². The molecular weight excluding hydrogens is 389 g/mol. The number of benzene rings is 2. The Morgan fingerprint density at radius 3 is 3.00 bits per heavy atom. The number of nitrogens with one attached hydrogen (secondary N) is 2. The second-order valence-electron chi connectivity index (χ2n) is 6.04. The van der Waals surface area contributed by atoms with Gasteiger partial charge < -0.3 is 5.32 Å². The number of halogens is 1. The molecule has 2 aromatic carbocycles. The van der Waals surface area contributed by atoms with E-state index in [0.717, 1.165) is 32.3 Å². The average molecular weight is 401 g/mol. The van der Waals surface area contributed by atoms with E-state index < -0.39 is 0 Å². The zero-order valence-corrected chi connectivity index (χ0v) is 13.7. The fraction of sp³-hybridized carbons (Fsp3) is 0.176. The highest BCUT2D eigenvalue weighted by atomic mass is 127. The van der Waals surface area contributed by atoms with Gasteiger partial charge in [0.2, 0.25) is 5.91 Å². The minimum Gasteiger partial charge on any atom is -0.325 e. The van der Waals surface area contributed by atoms with Gasteiger partial charge in [0.15, 0.2) is 0 Å². The summed E-state index contributed by atoms with van der Waals surface area (Å²) < 4.78 is 1.04. The van der Waals surface area contributed by atoms with Gasteiger partial charge in [-0.05, 0) is 58.3 Å². The molecule has 2 heterocycles. The third-order valence-corrected chi connectivity index (χ3v) is 5.78. The lowest BCUT2D eigenvalue weighted by Gasteiger charge is -2.08. The number of carbonyl (C=O) groups is 1. The summed E-state index contributed by atoms with van der Waals surface area (Å²) in [6, 6.07) is 14.4. The molecule has 5 heteroatoms. The smallest absolute Gasteiger partial charge is 0.235 e.